The van der Waals surface area contributed by atoms with Crippen LogP contribution < -0.4 is 0 Å². The topological polar surface area (TPSA) is 87.0 Å². The van der Waals surface area contributed by atoms with Gasteiger partial charge in [-0.15, -0.1) is 5.10 Å². The fraction of sp³-hybridized carbons (Fsp3) is 0.300. The molecule has 1 aliphatic rings. The maximum absolute atomic E-state index is 11.0. The summed E-state index contributed by atoms with van der Waals surface area (Å²) in [5.74, 6) is 1.11. The maximum Gasteiger partial charge on any atom is 0.230 e. The van der Waals surface area contributed by atoms with Gasteiger partial charge in [-0.25, -0.2) is 0 Å². The average molecular weight is 475 g/mol. The predicted octanol–water partition coefficient (Wildman–Crippen LogP) is 4.07. The van der Waals surface area contributed by atoms with Gasteiger partial charge in [0.15, 0.2) is 5.76 Å². The normalized spacial score (nSPS) is 17.2. The monoisotopic (exact) mass is 474 g/mol. The Hall–Kier alpha value is -2.20. The van der Waals surface area contributed by atoms with Gasteiger partial charge in [0.05, 0.1) is 23.3 Å². The standard InChI is InChI=1S/C20H19BrN4O3S/c21-13-5-3-12(4-6-13)16(24-9-7-14(26)8-10-24)17-19(27)25-20(29-17)22-18(23-25)15-2-1-11-28-15/h1-6,11,14,16,26-27H,7-10H2/t16-/m0/s1. The van der Waals surface area contributed by atoms with Crippen molar-refractivity contribution in [2.45, 2.75) is 25.0 Å². The van der Waals surface area contributed by atoms with Gasteiger partial charge in [0, 0.05) is 17.6 Å². The summed E-state index contributed by atoms with van der Waals surface area (Å²) in [6.45, 7) is 1.51. The molecule has 29 heavy (non-hydrogen) atoms. The van der Waals surface area contributed by atoms with E-state index in [0.717, 1.165) is 40.8 Å². The Bertz CT molecular complexity index is 1110. The zero-order valence-corrected chi connectivity index (χ0v) is 17.8. The van der Waals surface area contributed by atoms with E-state index < -0.39 is 0 Å². The number of rotatable bonds is 4. The fourth-order valence-electron chi connectivity index (χ4n) is 3.76. The molecule has 5 rings (SSSR count). The lowest BCUT2D eigenvalue weighted by Gasteiger charge is -2.36. The summed E-state index contributed by atoms with van der Waals surface area (Å²) in [6.07, 6.45) is 2.75. The maximum atomic E-state index is 11.0. The Morgan fingerprint density at radius 3 is 2.59 bits per heavy atom. The van der Waals surface area contributed by atoms with Crippen LogP contribution in [0.2, 0.25) is 0 Å². The Kier molecular flexibility index (Phi) is 4.91. The number of aromatic nitrogens is 3. The number of hydrogen-bond acceptors (Lipinski definition) is 7. The quantitative estimate of drug-likeness (QED) is 0.463. The number of furan rings is 1. The number of likely N-dealkylation sites (tertiary alicyclic amines) is 1. The minimum atomic E-state index is -0.261. The molecule has 1 atom stereocenters. The largest absolute Gasteiger partial charge is 0.492 e. The molecule has 0 amide bonds. The molecule has 0 aliphatic carbocycles. The molecule has 3 aromatic heterocycles. The van der Waals surface area contributed by atoms with E-state index in [1.807, 2.05) is 12.1 Å². The second-order valence-corrected chi connectivity index (χ2v) is 9.04. The van der Waals surface area contributed by atoms with Crippen molar-refractivity contribution in [2.24, 2.45) is 0 Å². The van der Waals surface area contributed by atoms with Crippen LogP contribution in [0.3, 0.4) is 0 Å². The molecule has 0 spiro atoms. The Morgan fingerprint density at radius 1 is 1.17 bits per heavy atom. The van der Waals surface area contributed by atoms with Crippen LogP contribution in [0, 0.1) is 0 Å². The summed E-state index contributed by atoms with van der Waals surface area (Å²) in [5, 5.41) is 25.4. The lowest BCUT2D eigenvalue weighted by Crippen LogP contribution is -2.38. The zero-order chi connectivity index (χ0) is 20.0. The van der Waals surface area contributed by atoms with Crippen LogP contribution >= 0.6 is 27.3 Å². The van der Waals surface area contributed by atoms with Crippen molar-refractivity contribution < 1.29 is 14.6 Å². The number of thiazole rings is 1. The van der Waals surface area contributed by atoms with Crippen molar-refractivity contribution in [3.63, 3.8) is 0 Å². The smallest absolute Gasteiger partial charge is 0.230 e. The van der Waals surface area contributed by atoms with Crippen molar-refractivity contribution in [1.82, 2.24) is 19.5 Å². The first-order valence-electron chi connectivity index (χ1n) is 9.40. The molecule has 0 saturated carbocycles. The van der Waals surface area contributed by atoms with Crippen LogP contribution in [0.15, 0.2) is 51.6 Å². The van der Waals surface area contributed by atoms with Crippen molar-refractivity contribution in [3.8, 4) is 17.5 Å². The van der Waals surface area contributed by atoms with Gasteiger partial charge < -0.3 is 14.6 Å². The summed E-state index contributed by atoms with van der Waals surface area (Å²) in [7, 11) is 0. The van der Waals surface area contributed by atoms with E-state index in [1.54, 1.807) is 18.4 Å². The number of benzene rings is 1. The number of piperidine rings is 1. The Balaban J connectivity index is 1.57. The van der Waals surface area contributed by atoms with Gasteiger partial charge in [-0.3, -0.25) is 4.90 Å². The summed E-state index contributed by atoms with van der Waals surface area (Å²) < 4.78 is 7.85. The second kappa shape index (κ2) is 7.56. The SMILES string of the molecule is Oc1c([C@H](c2ccc(Br)cc2)N2CCC(O)CC2)sc2nc(-c3ccco3)nn12. The van der Waals surface area contributed by atoms with Gasteiger partial charge in [-0.05, 0) is 42.7 Å². The molecule has 1 aromatic carbocycles. The van der Waals surface area contributed by atoms with Crippen LogP contribution in [0.25, 0.3) is 16.5 Å². The van der Waals surface area contributed by atoms with E-state index in [9.17, 15) is 10.2 Å². The molecule has 150 valence electrons. The third kappa shape index (κ3) is 3.48. The minimum Gasteiger partial charge on any atom is -0.492 e. The first-order valence-corrected chi connectivity index (χ1v) is 11.0. The lowest BCUT2D eigenvalue weighted by molar-refractivity contribution is 0.0689. The van der Waals surface area contributed by atoms with Crippen LogP contribution in [0.4, 0.5) is 0 Å². The average Bonchev–Trinajstić information content (AvgIpc) is 3.44. The number of aromatic hydroxyl groups is 1. The summed E-state index contributed by atoms with van der Waals surface area (Å²) in [5.41, 5.74) is 1.08. The molecule has 4 aromatic rings. The third-order valence-corrected chi connectivity index (χ3v) is 6.84. The first kappa shape index (κ1) is 18.8. The molecule has 0 bridgehead atoms. The number of halogens is 1. The highest BCUT2D eigenvalue weighted by Gasteiger charge is 2.32. The Morgan fingerprint density at radius 2 is 1.93 bits per heavy atom. The van der Waals surface area contributed by atoms with E-state index in [0.29, 0.717) is 16.5 Å². The molecule has 0 unspecified atom stereocenters. The summed E-state index contributed by atoms with van der Waals surface area (Å²) in [6, 6.07) is 11.6. The van der Waals surface area contributed by atoms with Gasteiger partial charge >= 0.3 is 0 Å². The zero-order valence-electron chi connectivity index (χ0n) is 15.4. The highest BCUT2D eigenvalue weighted by atomic mass is 79.9. The molecule has 9 heteroatoms. The van der Waals surface area contributed by atoms with Gasteiger partial charge in [-0.2, -0.15) is 9.50 Å². The third-order valence-electron chi connectivity index (χ3n) is 5.24. The highest BCUT2D eigenvalue weighted by Crippen LogP contribution is 2.41. The first-order chi connectivity index (χ1) is 14.1. The molecular formula is C20H19BrN4O3S. The molecule has 1 aliphatic heterocycles. The molecule has 0 radical (unpaired) electrons. The number of fused-ring (bicyclic) bond motifs is 1. The van der Waals surface area contributed by atoms with Gasteiger partial charge in [0.1, 0.15) is 0 Å². The van der Waals surface area contributed by atoms with E-state index >= 15 is 0 Å². The molecule has 4 heterocycles. The van der Waals surface area contributed by atoms with Crippen molar-refractivity contribution in [2.75, 3.05) is 13.1 Å². The van der Waals surface area contributed by atoms with Crippen molar-refractivity contribution in [3.05, 3.63) is 57.6 Å². The molecule has 1 fully saturated rings. The highest BCUT2D eigenvalue weighted by molar-refractivity contribution is 9.10. The molecule has 2 N–H and O–H groups in total. The van der Waals surface area contributed by atoms with E-state index in [2.05, 4.69) is 43.0 Å². The number of aliphatic hydroxyl groups excluding tert-OH is 1. The molecule has 7 nitrogen and oxygen atoms in total. The number of aliphatic hydroxyl groups is 1. The van der Waals surface area contributed by atoms with Crippen LogP contribution in [0.5, 0.6) is 5.88 Å². The summed E-state index contributed by atoms with van der Waals surface area (Å²) >= 11 is 4.92. The number of nitrogens with zero attached hydrogens (tertiary/aromatic N) is 4. The van der Waals surface area contributed by atoms with Gasteiger partial charge in [-0.1, -0.05) is 39.4 Å². The van der Waals surface area contributed by atoms with Crippen LogP contribution in [-0.4, -0.2) is 48.9 Å². The van der Waals surface area contributed by atoms with Crippen LogP contribution in [-0.2, 0) is 0 Å². The fourth-order valence-corrected chi connectivity index (χ4v) is 5.14. The van der Waals surface area contributed by atoms with Crippen molar-refractivity contribution in [1.29, 1.82) is 0 Å². The second-order valence-electron chi connectivity index (χ2n) is 7.12. The van der Waals surface area contributed by atoms with Crippen LogP contribution in [0.1, 0.15) is 29.3 Å². The van der Waals surface area contributed by atoms with Crippen molar-refractivity contribution >= 4 is 32.2 Å². The Labute approximate surface area is 179 Å². The molecule has 1 saturated heterocycles. The lowest BCUT2D eigenvalue weighted by atomic mass is 9.99. The van der Waals surface area contributed by atoms with Gasteiger partial charge in [0.2, 0.25) is 16.7 Å². The van der Waals surface area contributed by atoms with Gasteiger partial charge in [0.25, 0.3) is 0 Å². The number of hydrogen-bond donors (Lipinski definition) is 2. The van der Waals surface area contributed by atoms with E-state index in [4.69, 9.17) is 4.42 Å². The predicted molar refractivity (Wildman–Crippen MR) is 113 cm³/mol. The van der Waals surface area contributed by atoms with E-state index in [-0.39, 0.29) is 18.0 Å². The minimum absolute atomic E-state index is 0.0920. The summed E-state index contributed by atoms with van der Waals surface area (Å²) in [4.78, 5) is 8.24. The molecular weight excluding hydrogens is 456 g/mol. The van der Waals surface area contributed by atoms with E-state index in [1.165, 1.54) is 15.9 Å².